The quantitative estimate of drug-likeness (QED) is 0.882. The van der Waals surface area contributed by atoms with Gasteiger partial charge in [0, 0.05) is 18.1 Å². The lowest BCUT2D eigenvalue weighted by Gasteiger charge is -2.36. The maximum Gasteiger partial charge on any atom is 0.153 e. The van der Waals surface area contributed by atoms with Crippen molar-refractivity contribution in [2.75, 3.05) is 18.1 Å². The van der Waals surface area contributed by atoms with Crippen LogP contribution in [0.2, 0.25) is 0 Å². The second kappa shape index (κ2) is 6.43. The minimum Gasteiger partial charge on any atom is -0.310 e. The molecular weight excluding hydrogens is 296 g/mol. The zero-order chi connectivity index (χ0) is 13.3. The highest BCUT2D eigenvalue weighted by atomic mass is 35.5. The number of benzene rings is 1. The molecule has 0 saturated carbocycles. The molecule has 0 unspecified atom stereocenters. The molecule has 6 heteroatoms. The van der Waals surface area contributed by atoms with Crippen LogP contribution in [0.25, 0.3) is 0 Å². The van der Waals surface area contributed by atoms with E-state index < -0.39 is 9.84 Å². The van der Waals surface area contributed by atoms with Gasteiger partial charge in [0.05, 0.1) is 11.5 Å². The lowest BCUT2D eigenvalue weighted by molar-refractivity contribution is 0.305. The van der Waals surface area contributed by atoms with Gasteiger partial charge in [0.15, 0.2) is 9.84 Å². The zero-order valence-corrected chi connectivity index (χ0v) is 12.9. The van der Waals surface area contributed by atoms with E-state index in [1.165, 1.54) is 5.56 Å². The van der Waals surface area contributed by atoms with Crippen molar-refractivity contribution < 1.29 is 8.42 Å². The van der Waals surface area contributed by atoms with E-state index in [1.807, 2.05) is 6.07 Å². The lowest BCUT2D eigenvalue weighted by Crippen LogP contribution is -2.56. The van der Waals surface area contributed by atoms with Crippen LogP contribution in [0.15, 0.2) is 30.3 Å². The predicted molar refractivity (Wildman–Crippen MR) is 83.0 cm³/mol. The van der Waals surface area contributed by atoms with Crippen LogP contribution in [0, 0.1) is 0 Å². The van der Waals surface area contributed by atoms with Crippen LogP contribution in [0.5, 0.6) is 0 Å². The molecule has 0 bridgehead atoms. The average Bonchev–Trinajstić information content (AvgIpc) is 2.38. The fraction of sp³-hybridized carbons (Fsp3) is 0.571. The van der Waals surface area contributed by atoms with Gasteiger partial charge in [0.25, 0.3) is 0 Å². The van der Waals surface area contributed by atoms with Gasteiger partial charge in [-0.3, -0.25) is 0 Å². The van der Waals surface area contributed by atoms with Crippen LogP contribution in [-0.2, 0) is 9.84 Å². The second-order valence-electron chi connectivity index (χ2n) is 5.58. The summed E-state index contributed by atoms with van der Waals surface area (Å²) in [6.45, 7) is 0.983. The Morgan fingerprint density at radius 1 is 1.10 bits per heavy atom. The third kappa shape index (κ3) is 3.73. The fourth-order valence-electron chi connectivity index (χ4n) is 3.00. The third-order valence-corrected chi connectivity index (χ3v) is 5.81. The van der Waals surface area contributed by atoms with Crippen molar-refractivity contribution in [3.05, 3.63) is 35.9 Å². The molecular formula is C14H21ClN2O2S. The van der Waals surface area contributed by atoms with Crippen molar-refractivity contribution in [2.24, 2.45) is 0 Å². The number of hydrogen-bond acceptors (Lipinski definition) is 4. The lowest BCUT2D eigenvalue weighted by atomic mass is 9.93. The Bertz CT molecular complexity index is 523. The molecule has 0 spiro atoms. The van der Waals surface area contributed by atoms with E-state index >= 15 is 0 Å². The third-order valence-electron chi connectivity index (χ3n) is 3.99. The summed E-state index contributed by atoms with van der Waals surface area (Å²) in [5, 5.41) is 7.02. The van der Waals surface area contributed by atoms with Crippen LogP contribution in [-0.4, -0.2) is 38.6 Å². The summed E-state index contributed by atoms with van der Waals surface area (Å²) >= 11 is 0. The summed E-state index contributed by atoms with van der Waals surface area (Å²) in [5.41, 5.74) is 1.32. The van der Waals surface area contributed by atoms with Gasteiger partial charge in [-0.05, 0) is 24.9 Å². The van der Waals surface area contributed by atoms with E-state index in [4.69, 9.17) is 0 Å². The Kier molecular flexibility index (Phi) is 5.07. The Hall–Kier alpha value is -0.620. The number of piperidine rings is 1. The maximum atomic E-state index is 11.2. The number of sulfone groups is 1. The van der Waals surface area contributed by atoms with Crippen molar-refractivity contribution >= 4 is 22.2 Å². The predicted octanol–water partition coefficient (Wildman–Crippen LogP) is 1.29. The Morgan fingerprint density at radius 2 is 1.80 bits per heavy atom. The first-order chi connectivity index (χ1) is 9.12. The number of rotatable bonds is 3. The topological polar surface area (TPSA) is 58.2 Å². The van der Waals surface area contributed by atoms with Crippen molar-refractivity contribution in [3.8, 4) is 0 Å². The molecule has 3 rings (SSSR count). The van der Waals surface area contributed by atoms with Crippen molar-refractivity contribution in [3.63, 3.8) is 0 Å². The highest BCUT2D eigenvalue weighted by Crippen LogP contribution is 2.24. The molecule has 4 nitrogen and oxygen atoms in total. The first-order valence-corrected chi connectivity index (χ1v) is 8.69. The summed E-state index contributed by atoms with van der Waals surface area (Å²) in [5.74, 6) is 0.625. The van der Waals surface area contributed by atoms with Gasteiger partial charge in [0.1, 0.15) is 0 Å². The van der Waals surface area contributed by atoms with Crippen molar-refractivity contribution in [1.29, 1.82) is 0 Å². The number of halogens is 1. The normalized spacial score (nSPS) is 29.2. The molecule has 2 aliphatic rings. The van der Waals surface area contributed by atoms with Gasteiger partial charge in [0.2, 0.25) is 0 Å². The fourth-order valence-corrected chi connectivity index (χ4v) is 4.32. The highest BCUT2D eigenvalue weighted by molar-refractivity contribution is 7.92. The smallest absolute Gasteiger partial charge is 0.153 e. The molecule has 0 aromatic heterocycles. The SMILES string of the molecule is Cl.O=S1(=O)CC(N[C@@H]2CCN[C@H](c3ccccc3)C2)C1. The highest BCUT2D eigenvalue weighted by Gasteiger charge is 2.35. The molecule has 112 valence electrons. The van der Waals surface area contributed by atoms with E-state index in [2.05, 4.69) is 34.9 Å². The van der Waals surface area contributed by atoms with Gasteiger partial charge in [-0.15, -0.1) is 12.4 Å². The molecule has 0 aliphatic carbocycles. The molecule has 1 aromatic rings. The first-order valence-electron chi connectivity index (χ1n) is 6.87. The summed E-state index contributed by atoms with van der Waals surface area (Å²) in [4.78, 5) is 0. The van der Waals surface area contributed by atoms with Crippen molar-refractivity contribution in [2.45, 2.75) is 31.0 Å². The summed E-state index contributed by atoms with van der Waals surface area (Å²) in [7, 11) is -2.73. The van der Waals surface area contributed by atoms with Gasteiger partial charge in [-0.25, -0.2) is 8.42 Å². The molecule has 1 aromatic carbocycles. The number of hydrogen-bond donors (Lipinski definition) is 2. The zero-order valence-electron chi connectivity index (χ0n) is 11.3. The summed E-state index contributed by atoms with van der Waals surface area (Å²) < 4.78 is 22.3. The monoisotopic (exact) mass is 316 g/mol. The molecule has 2 N–H and O–H groups in total. The van der Waals surface area contributed by atoms with E-state index in [9.17, 15) is 8.42 Å². The average molecular weight is 317 g/mol. The second-order valence-corrected chi connectivity index (χ2v) is 7.73. The minimum absolute atomic E-state index is 0. The molecule has 2 aliphatic heterocycles. The molecule has 2 saturated heterocycles. The van der Waals surface area contributed by atoms with E-state index in [0.29, 0.717) is 23.6 Å². The molecule has 2 fully saturated rings. The first kappa shape index (κ1) is 15.8. The molecule has 2 atom stereocenters. The van der Waals surface area contributed by atoms with Gasteiger partial charge >= 0.3 is 0 Å². The Labute approximate surface area is 126 Å². The maximum absolute atomic E-state index is 11.2. The van der Waals surface area contributed by atoms with Crippen LogP contribution < -0.4 is 10.6 Å². The molecule has 20 heavy (non-hydrogen) atoms. The van der Waals surface area contributed by atoms with E-state index in [0.717, 1.165) is 19.4 Å². The van der Waals surface area contributed by atoms with Crippen LogP contribution in [0.4, 0.5) is 0 Å². The van der Waals surface area contributed by atoms with Gasteiger partial charge < -0.3 is 10.6 Å². The molecule has 0 amide bonds. The minimum atomic E-state index is -2.73. The van der Waals surface area contributed by atoms with Gasteiger partial charge in [-0.2, -0.15) is 0 Å². The van der Waals surface area contributed by atoms with Gasteiger partial charge in [-0.1, -0.05) is 30.3 Å². The summed E-state index contributed by atoms with van der Waals surface area (Å²) in [6.07, 6.45) is 2.10. The molecule has 0 radical (unpaired) electrons. The Morgan fingerprint density at radius 3 is 2.45 bits per heavy atom. The van der Waals surface area contributed by atoms with Crippen LogP contribution in [0.3, 0.4) is 0 Å². The Balaban J connectivity index is 0.00000147. The van der Waals surface area contributed by atoms with E-state index in [-0.39, 0.29) is 18.4 Å². The van der Waals surface area contributed by atoms with E-state index in [1.54, 1.807) is 0 Å². The largest absolute Gasteiger partial charge is 0.310 e. The standard InChI is InChI=1S/C14H20N2O2S.ClH/c17-19(18)9-13(10-19)16-12-6-7-15-14(8-12)11-4-2-1-3-5-11;/h1-5,12-16H,6-10H2;1H/t12-,14+;/m1./s1. The van der Waals surface area contributed by atoms with Crippen LogP contribution >= 0.6 is 12.4 Å². The summed E-state index contributed by atoms with van der Waals surface area (Å²) in [6, 6.07) is 11.4. The van der Waals surface area contributed by atoms with Crippen LogP contribution in [0.1, 0.15) is 24.4 Å². The molecule has 2 heterocycles. The van der Waals surface area contributed by atoms with Crippen molar-refractivity contribution in [1.82, 2.24) is 10.6 Å². The number of nitrogens with one attached hydrogen (secondary N) is 2.